The first-order valence-electron chi connectivity index (χ1n) is 5.17. The minimum atomic E-state index is 0.663. The van der Waals surface area contributed by atoms with Crippen molar-refractivity contribution in [2.45, 2.75) is 20.4 Å². The van der Waals surface area contributed by atoms with Gasteiger partial charge < -0.3 is 10.2 Å². The zero-order valence-electron chi connectivity index (χ0n) is 9.07. The second kappa shape index (κ2) is 5.83. The molecule has 0 spiro atoms. The standard InChI is InChI=1S/C11H20N2O/c1-10(2)8-13(6-5-12)9-11-4-3-7-14-11/h3-4,7,10H,5-6,8-9,12H2,1-2H3. The Labute approximate surface area is 85.9 Å². The molecule has 0 amide bonds. The SMILES string of the molecule is CC(C)CN(CCN)Cc1ccco1. The number of nitrogens with zero attached hydrogens (tertiary/aromatic N) is 1. The van der Waals surface area contributed by atoms with Gasteiger partial charge in [0.15, 0.2) is 0 Å². The zero-order chi connectivity index (χ0) is 10.4. The molecule has 0 saturated carbocycles. The molecule has 80 valence electrons. The van der Waals surface area contributed by atoms with Crippen LogP contribution in [0.3, 0.4) is 0 Å². The summed E-state index contributed by atoms with van der Waals surface area (Å²) in [5.41, 5.74) is 5.56. The summed E-state index contributed by atoms with van der Waals surface area (Å²) in [4.78, 5) is 2.32. The van der Waals surface area contributed by atoms with Crippen LogP contribution in [0.25, 0.3) is 0 Å². The fraction of sp³-hybridized carbons (Fsp3) is 0.636. The minimum absolute atomic E-state index is 0.663. The van der Waals surface area contributed by atoms with Crippen molar-refractivity contribution in [2.24, 2.45) is 11.7 Å². The Balaban J connectivity index is 2.42. The van der Waals surface area contributed by atoms with Gasteiger partial charge in [-0.05, 0) is 18.1 Å². The van der Waals surface area contributed by atoms with Crippen LogP contribution in [-0.4, -0.2) is 24.5 Å². The zero-order valence-corrected chi connectivity index (χ0v) is 9.07. The van der Waals surface area contributed by atoms with E-state index in [-0.39, 0.29) is 0 Å². The Morgan fingerprint density at radius 1 is 1.50 bits per heavy atom. The summed E-state index contributed by atoms with van der Waals surface area (Å²) < 4.78 is 5.31. The molecule has 0 fully saturated rings. The fourth-order valence-electron chi connectivity index (χ4n) is 1.56. The fourth-order valence-corrected chi connectivity index (χ4v) is 1.56. The molecule has 0 saturated heterocycles. The third kappa shape index (κ3) is 3.94. The third-order valence-corrected chi connectivity index (χ3v) is 2.03. The average molecular weight is 196 g/mol. The van der Waals surface area contributed by atoms with Crippen molar-refractivity contribution in [3.63, 3.8) is 0 Å². The van der Waals surface area contributed by atoms with Crippen LogP contribution in [0.15, 0.2) is 22.8 Å². The number of nitrogens with two attached hydrogens (primary N) is 1. The summed E-state index contributed by atoms with van der Waals surface area (Å²) in [6, 6.07) is 3.93. The molecule has 0 aliphatic rings. The first kappa shape index (κ1) is 11.3. The van der Waals surface area contributed by atoms with Gasteiger partial charge in [0.05, 0.1) is 12.8 Å². The molecule has 3 heteroatoms. The lowest BCUT2D eigenvalue weighted by molar-refractivity contribution is 0.224. The van der Waals surface area contributed by atoms with Gasteiger partial charge in [-0.1, -0.05) is 13.8 Å². The Morgan fingerprint density at radius 3 is 2.79 bits per heavy atom. The van der Waals surface area contributed by atoms with Gasteiger partial charge in [0.25, 0.3) is 0 Å². The predicted molar refractivity (Wildman–Crippen MR) is 57.9 cm³/mol. The second-order valence-corrected chi connectivity index (χ2v) is 4.00. The van der Waals surface area contributed by atoms with Crippen molar-refractivity contribution >= 4 is 0 Å². The van der Waals surface area contributed by atoms with E-state index < -0.39 is 0 Å². The van der Waals surface area contributed by atoms with E-state index in [1.54, 1.807) is 6.26 Å². The second-order valence-electron chi connectivity index (χ2n) is 4.00. The molecule has 3 nitrogen and oxygen atoms in total. The smallest absolute Gasteiger partial charge is 0.117 e. The number of hydrogen-bond donors (Lipinski definition) is 1. The van der Waals surface area contributed by atoms with Crippen molar-refractivity contribution in [2.75, 3.05) is 19.6 Å². The van der Waals surface area contributed by atoms with E-state index in [2.05, 4.69) is 18.7 Å². The van der Waals surface area contributed by atoms with Gasteiger partial charge in [-0.3, -0.25) is 4.90 Å². The van der Waals surface area contributed by atoms with E-state index in [1.165, 1.54) is 0 Å². The normalized spacial score (nSPS) is 11.5. The molecule has 0 aliphatic heterocycles. The molecule has 1 rings (SSSR count). The van der Waals surface area contributed by atoms with E-state index in [0.717, 1.165) is 25.4 Å². The first-order chi connectivity index (χ1) is 6.72. The van der Waals surface area contributed by atoms with Crippen LogP contribution >= 0.6 is 0 Å². The van der Waals surface area contributed by atoms with Gasteiger partial charge in [0.1, 0.15) is 5.76 Å². The van der Waals surface area contributed by atoms with Crippen LogP contribution in [-0.2, 0) is 6.54 Å². The quantitative estimate of drug-likeness (QED) is 0.753. The Kier molecular flexibility index (Phi) is 4.70. The van der Waals surface area contributed by atoms with Gasteiger partial charge in [-0.2, -0.15) is 0 Å². The maximum Gasteiger partial charge on any atom is 0.117 e. The molecule has 1 aromatic heterocycles. The molecular formula is C11H20N2O. The monoisotopic (exact) mass is 196 g/mol. The van der Waals surface area contributed by atoms with Gasteiger partial charge >= 0.3 is 0 Å². The molecule has 0 aliphatic carbocycles. The molecule has 0 aromatic carbocycles. The summed E-state index contributed by atoms with van der Waals surface area (Å²) in [5, 5.41) is 0. The van der Waals surface area contributed by atoms with Crippen LogP contribution in [0.2, 0.25) is 0 Å². The van der Waals surface area contributed by atoms with Gasteiger partial charge in [-0.25, -0.2) is 0 Å². The Morgan fingerprint density at radius 2 is 2.29 bits per heavy atom. The van der Waals surface area contributed by atoms with Crippen LogP contribution < -0.4 is 5.73 Å². The van der Waals surface area contributed by atoms with E-state index >= 15 is 0 Å². The highest BCUT2D eigenvalue weighted by atomic mass is 16.3. The van der Waals surface area contributed by atoms with Crippen molar-refractivity contribution < 1.29 is 4.42 Å². The lowest BCUT2D eigenvalue weighted by Crippen LogP contribution is -2.32. The molecule has 2 N–H and O–H groups in total. The van der Waals surface area contributed by atoms with E-state index in [1.807, 2.05) is 12.1 Å². The van der Waals surface area contributed by atoms with Gasteiger partial charge in [-0.15, -0.1) is 0 Å². The average Bonchev–Trinajstić information content (AvgIpc) is 2.56. The van der Waals surface area contributed by atoms with Gasteiger partial charge in [0.2, 0.25) is 0 Å². The van der Waals surface area contributed by atoms with Crippen molar-refractivity contribution in [1.82, 2.24) is 4.90 Å². The number of rotatable bonds is 6. The Hall–Kier alpha value is -0.800. The molecule has 1 heterocycles. The largest absolute Gasteiger partial charge is 0.468 e. The summed E-state index contributed by atoms with van der Waals surface area (Å²) in [7, 11) is 0. The van der Waals surface area contributed by atoms with Crippen LogP contribution in [0, 0.1) is 5.92 Å². The lowest BCUT2D eigenvalue weighted by atomic mass is 10.2. The highest BCUT2D eigenvalue weighted by molar-refractivity contribution is 4.97. The predicted octanol–water partition coefficient (Wildman–Crippen LogP) is 1.70. The number of furan rings is 1. The molecule has 0 unspecified atom stereocenters. The summed E-state index contributed by atoms with van der Waals surface area (Å²) >= 11 is 0. The molecule has 1 aromatic rings. The van der Waals surface area contributed by atoms with E-state index in [0.29, 0.717) is 12.5 Å². The van der Waals surface area contributed by atoms with E-state index in [4.69, 9.17) is 10.2 Å². The molecular weight excluding hydrogens is 176 g/mol. The molecule has 0 bridgehead atoms. The third-order valence-electron chi connectivity index (χ3n) is 2.03. The summed E-state index contributed by atoms with van der Waals surface area (Å²) in [6.07, 6.45) is 1.71. The van der Waals surface area contributed by atoms with Crippen molar-refractivity contribution in [3.05, 3.63) is 24.2 Å². The molecule has 0 atom stereocenters. The van der Waals surface area contributed by atoms with Crippen LogP contribution in [0.4, 0.5) is 0 Å². The molecule has 14 heavy (non-hydrogen) atoms. The van der Waals surface area contributed by atoms with Crippen molar-refractivity contribution in [3.8, 4) is 0 Å². The van der Waals surface area contributed by atoms with Gasteiger partial charge in [0, 0.05) is 19.6 Å². The highest BCUT2D eigenvalue weighted by Gasteiger charge is 2.08. The molecule has 0 radical (unpaired) electrons. The first-order valence-corrected chi connectivity index (χ1v) is 5.17. The summed E-state index contributed by atoms with van der Waals surface area (Å²) in [5.74, 6) is 1.68. The summed E-state index contributed by atoms with van der Waals surface area (Å²) in [6.45, 7) is 7.99. The highest BCUT2D eigenvalue weighted by Crippen LogP contribution is 2.07. The van der Waals surface area contributed by atoms with Crippen LogP contribution in [0.5, 0.6) is 0 Å². The van der Waals surface area contributed by atoms with E-state index in [9.17, 15) is 0 Å². The maximum atomic E-state index is 5.56. The topological polar surface area (TPSA) is 42.4 Å². The minimum Gasteiger partial charge on any atom is -0.468 e. The number of hydrogen-bond acceptors (Lipinski definition) is 3. The Bertz CT molecular complexity index is 231. The maximum absolute atomic E-state index is 5.56. The van der Waals surface area contributed by atoms with Crippen LogP contribution in [0.1, 0.15) is 19.6 Å². The lowest BCUT2D eigenvalue weighted by Gasteiger charge is -2.22. The van der Waals surface area contributed by atoms with Crippen molar-refractivity contribution in [1.29, 1.82) is 0 Å².